The second-order valence-corrected chi connectivity index (χ2v) is 2.33. The Hall–Kier alpha value is -1.13. The molecule has 0 saturated carbocycles. The van der Waals surface area contributed by atoms with Gasteiger partial charge in [0.1, 0.15) is 0 Å². The molecule has 0 saturated heterocycles. The number of pyridine rings is 1. The Labute approximate surface area is 64.2 Å². The summed E-state index contributed by atoms with van der Waals surface area (Å²) in [4.78, 5) is 13.1. The molecule has 0 aliphatic carbocycles. The molecule has 0 radical (unpaired) electrons. The molecule has 0 aliphatic heterocycles. The van der Waals surface area contributed by atoms with Gasteiger partial charge in [-0.1, -0.05) is 6.07 Å². The summed E-state index contributed by atoms with van der Waals surface area (Å²) in [7, 11) is 0. The molecule has 0 fully saturated rings. The summed E-state index contributed by atoms with van der Waals surface area (Å²) >= 11 is 0. The molecule has 5 N–H and O–H groups in total. The zero-order valence-electron chi connectivity index (χ0n) is 6.08. The molecule has 0 spiro atoms. The SMILES string of the molecule is NCC(N)c1ccc(=O)[nH]c1. The Kier molecular flexibility index (Phi) is 2.40. The lowest BCUT2D eigenvalue weighted by molar-refractivity contribution is 0.732. The molecule has 1 rings (SSSR count). The van der Waals surface area contributed by atoms with Crippen molar-refractivity contribution in [3.05, 3.63) is 34.2 Å². The van der Waals surface area contributed by atoms with Crippen molar-refractivity contribution in [1.82, 2.24) is 4.98 Å². The number of aromatic nitrogens is 1. The van der Waals surface area contributed by atoms with Crippen LogP contribution in [0.1, 0.15) is 11.6 Å². The van der Waals surface area contributed by atoms with E-state index in [0.717, 1.165) is 5.56 Å². The minimum atomic E-state index is -0.188. The van der Waals surface area contributed by atoms with Gasteiger partial charge in [0.05, 0.1) is 0 Å². The highest BCUT2D eigenvalue weighted by Gasteiger charge is 2.01. The van der Waals surface area contributed by atoms with Gasteiger partial charge in [0, 0.05) is 24.8 Å². The molecule has 1 aromatic rings. The third kappa shape index (κ3) is 1.89. The summed E-state index contributed by atoms with van der Waals surface area (Å²) < 4.78 is 0. The second kappa shape index (κ2) is 3.32. The van der Waals surface area contributed by atoms with E-state index >= 15 is 0 Å². The minimum absolute atomic E-state index is 0.127. The fourth-order valence-electron chi connectivity index (χ4n) is 0.789. The van der Waals surface area contributed by atoms with E-state index in [9.17, 15) is 4.79 Å². The molecule has 0 aliphatic rings. The fraction of sp³-hybridized carbons (Fsp3) is 0.286. The number of nitrogens with one attached hydrogen (secondary N) is 1. The fourth-order valence-corrected chi connectivity index (χ4v) is 0.789. The molecular weight excluding hydrogens is 142 g/mol. The molecule has 1 aromatic heterocycles. The summed E-state index contributed by atoms with van der Waals surface area (Å²) in [5, 5.41) is 0. The van der Waals surface area contributed by atoms with Crippen LogP contribution in [-0.2, 0) is 0 Å². The monoisotopic (exact) mass is 153 g/mol. The number of hydrogen-bond donors (Lipinski definition) is 3. The summed E-state index contributed by atoms with van der Waals surface area (Å²) in [5.74, 6) is 0. The van der Waals surface area contributed by atoms with E-state index in [1.807, 2.05) is 0 Å². The van der Waals surface area contributed by atoms with Crippen molar-refractivity contribution in [3.8, 4) is 0 Å². The lowest BCUT2D eigenvalue weighted by Crippen LogP contribution is -2.21. The first-order valence-corrected chi connectivity index (χ1v) is 3.38. The van der Waals surface area contributed by atoms with Gasteiger partial charge in [-0.3, -0.25) is 4.79 Å². The number of aromatic amines is 1. The molecule has 4 nitrogen and oxygen atoms in total. The van der Waals surface area contributed by atoms with Gasteiger partial charge in [-0.25, -0.2) is 0 Å². The van der Waals surface area contributed by atoms with Crippen molar-refractivity contribution < 1.29 is 0 Å². The number of hydrogen-bond acceptors (Lipinski definition) is 3. The number of nitrogens with two attached hydrogens (primary N) is 2. The Morgan fingerprint density at radius 1 is 1.55 bits per heavy atom. The topological polar surface area (TPSA) is 84.9 Å². The Balaban J connectivity index is 2.89. The third-order valence-corrected chi connectivity index (χ3v) is 1.49. The molecule has 11 heavy (non-hydrogen) atoms. The van der Waals surface area contributed by atoms with Crippen LogP contribution in [0.5, 0.6) is 0 Å². The summed E-state index contributed by atoms with van der Waals surface area (Å²) in [5.41, 5.74) is 11.6. The van der Waals surface area contributed by atoms with Crippen LogP contribution in [0, 0.1) is 0 Å². The van der Waals surface area contributed by atoms with Gasteiger partial charge >= 0.3 is 0 Å². The molecule has 1 unspecified atom stereocenters. The van der Waals surface area contributed by atoms with Gasteiger partial charge in [-0.2, -0.15) is 0 Å². The highest BCUT2D eigenvalue weighted by atomic mass is 16.1. The Morgan fingerprint density at radius 3 is 2.73 bits per heavy atom. The highest BCUT2D eigenvalue weighted by Crippen LogP contribution is 2.03. The smallest absolute Gasteiger partial charge is 0.247 e. The van der Waals surface area contributed by atoms with Gasteiger partial charge in [-0.05, 0) is 5.56 Å². The molecule has 60 valence electrons. The molecule has 0 aromatic carbocycles. The van der Waals surface area contributed by atoms with Crippen LogP contribution >= 0.6 is 0 Å². The van der Waals surface area contributed by atoms with E-state index in [2.05, 4.69) is 4.98 Å². The molecule has 0 amide bonds. The Bertz CT molecular complexity index is 261. The normalized spacial score (nSPS) is 12.9. The van der Waals surface area contributed by atoms with Crippen LogP contribution in [0.3, 0.4) is 0 Å². The zero-order chi connectivity index (χ0) is 8.27. The molecule has 1 heterocycles. The van der Waals surface area contributed by atoms with Crippen LogP contribution in [0.15, 0.2) is 23.1 Å². The zero-order valence-corrected chi connectivity index (χ0v) is 6.08. The van der Waals surface area contributed by atoms with Crippen molar-refractivity contribution >= 4 is 0 Å². The van der Waals surface area contributed by atoms with Crippen molar-refractivity contribution in [1.29, 1.82) is 0 Å². The summed E-state index contributed by atoms with van der Waals surface area (Å²) in [6.07, 6.45) is 1.58. The van der Waals surface area contributed by atoms with Crippen molar-refractivity contribution in [2.45, 2.75) is 6.04 Å². The average molecular weight is 153 g/mol. The predicted molar refractivity (Wildman–Crippen MR) is 43.0 cm³/mol. The van der Waals surface area contributed by atoms with E-state index in [4.69, 9.17) is 11.5 Å². The maximum atomic E-state index is 10.6. The molecular formula is C7H11N3O. The first-order valence-electron chi connectivity index (χ1n) is 3.38. The van der Waals surface area contributed by atoms with Gasteiger partial charge in [0.15, 0.2) is 0 Å². The third-order valence-electron chi connectivity index (χ3n) is 1.49. The van der Waals surface area contributed by atoms with E-state index in [-0.39, 0.29) is 11.6 Å². The number of H-pyrrole nitrogens is 1. The van der Waals surface area contributed by atoms with Crippen molar-refractivity contribution in [3.63, 3.8) is 0 Å². The molecule has 4 heteroatoms. The van der Waals surface area contributed by atoms with Crippen molar-refractivity contribution in [2.75, 3.05) is 6.54 Å². The molecule has 0 bridgehead atoms. The molecule has 1 atom stereocenters. The first-order chi connectivity index (χ1) is 5.24. The van der Waals surface area contributed by atoms with E-state index < -0.39 is 0 Å². The van der Waals surface area contributed by atoms with E-state index in [1.165, 1.54) is 6.07 Å². The van der Waals surface area contributed by atoms with Crippen LogP contribution in [-0.4, -0.2) is 11.5 Å². The highest BCUT2D eigenvalue weighted by molar-refractivity contribution is 5.13. The summed E-state index contributed by atoms with van der Waals surface area (Å²) in [6, 6.07) is 2.92. The van der Waals surface area contributed by atoms with Crippen LogP contribution in [0.25, 0.3) is 0 Å². The van der Waals surface area contributed by atoms with E-state index in [1.54, 1.807) is 12.3 Å². The van der Waals surface area contributed by atoms with Crippen molar-refractivity contribution in [2.24, 2.45) is 11.5 Å². The van der Waals surface area contributed by atoms with Gasteiger partial charge < -0.3 is 16.5 Å². The van der Waals surface area contributed by atoms with Crippen LogP contribution < -0.4 is 17.0 Å². The van der Waals surface area contributed by atoms with Gasteiger partial charge in [-0.15, -0.1) is 0 Å². The first kappa shape index (κ1) is 7.97. The second-order valence-electron chi connectivity index (χ2n) is 2.33. The maximum absolute atomic E-state index is 10.6. The van der Waals surface area contributed by atoms with Crippen LogP contribution in [0.4, 0.5) is 0 Å². The largest absolute Gasteiger partial charge is 0.329 e. The van der Waals surface area contributed by atoms with Crippen LogP contribution in [0.2, 0.25) is 0 Å². The van der Waals surface area contributed by atoms with Gasteiger partial charge in [0.2, 0.25) is 5.56 Å². The quantitative estimate of drug-likeness (QED) is 0.527. The summed E-state index contributed by atoms with van der Waals surface area (Å²) in [6.45, 7) is 0.381. The Morgan fingerprint density at radius 2 is 2.27 bits per heavy atom. The van der Waals surface area contributed by atoms with E-state index in [0.29, 0.717) is 6.54 Å². The maximum Gasteiger partial charge on any atom is 0.247 e. The predicted octanol–water partition coefficient (Wildman–Crippen LogP) is -0.667. The lowest BCUT2D eigenvalue weighted by Gasteiger charge is -2.06. The lowest BCUT2D eigenvalue weighted by atomic mass is 10.1. The standard InChI is InChI=1S/C7H11N3O/c8-3-6(9)5-1-2-7(11)10-4-5/h1-2,4,6H,3,8-9H2,(H,10,11). The minimum Gasteiger partial charge on any atom is -0.329 e. The average Bonchev–Trinajstić information content (AvgIpc) is 2.05. The van der Waals surface area contributed by atoms with Gasteiger partial charge in [0.25, 0.3) is 0 Å². The number of rotatable bonds is 2.